The maximum Gasteiger partial charge on any atom is 0.255 e. The first-order chi connectivity index (χ1) is 15.1. The smallest absolute Gasteiger partial charge is 0.255 e. The number of amides is 1. The van der Waals surface area contributed by atoms with Gasteiger partial charge in [0.25, 0.3) is 5.91 Å². The Morgan fingerprint density at radius 3 is 2.91 bits per heavy atom. The summed E-state index contributed by atoms with van der Waals surface area (Å²) in [5.74, 6) is 1.65. The number of para-hydroxylation sites is 1. The van der Waals surface area contributed by atoms with Gasteiger partial charge in [-0.15, -0.1) is 0 Å². The van der Waals surface area contributed by atoms with Crippen LogP contribution < -0.4 is 21.1 Å². The minimum atomic E-state index is -0.847. The van der Waals surface area contributed by atoms with Crippen molar-refractivity contribution in [1.29, 1.82) is 0 Å². The van der Waals surface area contributed by atoms with Crippen LogP contribution in [0.25, 0.3) is 0 Å². The fourth-order valence-electron chi connectivity index (χ4n) is 5.14. The first-order valence-corrected chi connectivity index (χ1v) is 11.4. The second kappa shape index (κ2) is 7.99. The van der Waals surface area contributed by atoms with Crippen molar-refractivity contribution in [2.45, 2.75) is 69.7 Å². The summed E-state index contributed by atoms with van der Waals surface area (Å²) < 4.78 is 5.92. The third-order valence-corrected chi connectivity index (χ3v) is 7.40. The zero-order valence-electron chi connectivity index (χ0n) is 19.4. The quantitative estimate of drug-likeness (QED) is 0.416. The Bertz CT molecular complexity index is 959. The Morgan fingerprint density at radius 1 is 1.44 bits per heavy atom. The molecule has 1 aromatic carbocycles. The normalized spacial score (nSPS) is 31.3. The van der Waals surface area contributed by atoms with Crippen molar-refractivity contribution >= 4 is 11.7 Å². The van der Waals surface area contributed by atoms with E-state index >= 15 is 0 Å². The molecule has 0 bridgehead atoms. The van der Waals surface area contributed by atoms with E-state index in [1.54, 1.807) is 6.07 Å². The van der Waals surface area contributed by atoms with Crippen LogP contribution >= 0.6 is 0 Å². The number of nitrogens with two attached hydrogens (primary N) is 1. The van der Waals surface area contributed by atoms with E-state index in [9.17, 15) is 9.90 Å². The van der Waals surface area contributed by atoms with Gasteiger partial charge in [-0.2, -0.15) is 0 Å². The van der Waals surface area contributed by atoms with Gasteiger partial charge in [0.2, 0.25) is 0 Å². The number of nitrogens with one attached hydrogen (secondary N) is 2. The Kier molecular flexibility index (Phi) is 5.61. The first-order valence-electron chi connectivity index (χ1n) is 11.4. The van der Waals surface area contributed by atoms with E-state index in [2.05, 4.69) is 36.1 Å². The molecule has 3 unspecified atom stereocenters. The highest BCUT2D eigenvalue weighted by Gasteiger charge is 2.57. The molecular weight excluding hydrogens is 406 g/mol. The number of aliphatic hydroxyl groups excluding tert-OH is 1. The summed E-state index contributed by atoms with van der Waals surface area (Å²) in [6.45, 7) is 13.9. The molecule has 3 heterocycles. The van der Waals surface area contributed by atoms with Crippen LogP contribution in [0.3, 0.4) is 0 Å². The van der Waals surface area contributed by atoms with E-state index in [4.69, 9.17) is 10.5 Å². The van der Waals surface area contributed by atoms with Crippen LogP contribution in [0.4, 0.5) is 0 Å². The van der Waals surface area contributed by atoms with Crippen LogP contribution in [-0.2, 0) is 5.41 Å². The van der Waals surface area contributed by atoms with Crippen molar-refractivity contribution in [2.24, 2.45) is 10.7 Å². The van der Waals surface area contributed by atoms with Crippen LogP contribution in [0.15, 0.2) is 35.6 Å². The molecule has 0 saturated carbocycles. The van der Waals surface area contributed by atoms with Gasteiger partial charge in [-0.3, -0.25) is 9.79 Å². The van der Waals surface area contributed by atoms with E-state index in [-0.39, 0.29) is 17.4 Å². The van der Waals surface area contributed by atoms with E-state index in [0.29, 0.717) is 49.1 Å². The highest BCUT2D eigenvalue weighted by molar-refractivity contribution is 5.98. The number of aliphatic imine (C=N–C) groups is 1. The SMILES string of the molecule is C=C1NCC(N=C(N)CC)C2(C)[C@H](O)C(NC(=O)c3cccc4c3OCCC4(C)C)CN12. The molecule has 3 aliphatic heterocycles. The molecule has 32 heavy (non-hydrogen) atoms. The number of aliphatic hydroxyl groups is 1. The molecule has 4 atom stereocenters. The van der Waals surface area contributed by atoms with Crippen molar-refractivity contribution in [3.8, 4) is 5.75 Å². The Morgan fingerprint density at radius 2 is 2.19 bits per heavy atom. The topological polar surface area (TPSA) is 112 Å². The van der Waals surface area contributed by atoms with Crippen LogP contribution in [-0.4, -0.2) is 65.2 Å². The molecule has 0 radical (unpaired) electrons. The molecule has 2 fully saturated rings. The van der Waals surface area contributed by atoms with E-state index in [1.165, 1.54) is 0 Å². The summed E-state index contributed by atoms with van der Waals surface area (Å²) in [5.41, 5.74) is 6.77. The Balaban J connectivity index is 1.60. The third kappa shape index (κ3) is 3.50. The van der Waals surface area contributed by atoms with Crippen molar-refractivity contribution in [1.82, 2.24) is 15.5 Å². The Labute approximate surface area is 189 Å². The average Bonchev–Trinajstić information content (AvgIpc) is 3.01. The second-order valence-corrected chi connectivity index (χ2v) is 9.84. The molecule has 0 aliphatic carbocycles. The predicted octanol–water partition coefficient (Wildman–Crippen LogP) is 1.49. The number of fused-ring (bicyclic) bond motifs is 2. The van der Waals surface area contributed by atoms with Gasteiger partial charge < -0.3 is 31.1 Å². The third-order valence-electron chi connectivity index (χ3n) is 7.40. The van der Waals surface area contributed by atoms with E-state index in [0.717, 1.165) is 12.0 Å². The molecule has 5 N–H and O–H groups in total. The molecule has 8 nitrogen and oxygen atoms in total. The van der Waals surface area contributed by atoms with Crippen molar-refractivity contribution in [3.63, 3.8) is 0 Å². The van der Waals surface area contributed by atoms with Crippen LogP contribution in [0.1, 0.15) is 56.5 Å². The van der Waals surface area contributed by atoms with Gasteiger partial charge in [0.05, 0.1) is 41.4 Å². The lowest BCUT2D eigenvalue weighted by Gasteiger charge is -2.48. The number of hydrogen-bond acceptors (Lipinski definition) is 6. The number of carbonyl (C=O) groups is 1. The summed E-state index contributed by atoms with van der Waals surface area (Å²) in [6.07, 6.45) is 0.692. The maximum atomic E-state index is 13.3. The second-order valence-electron chi connectivity index (χ2n) is 9.84. The van der Waals surface area contributed by atoms with Crippen LogP contribution in [0.5, 0.6) is 5.75 Å². The zero-order chi connectivity index (χ0) is 23.3. The lowest BCUT2D eigenvalue weighted by Crippen LogP contribution is -2.64. The van der Waals surface area contributed by atoms with Gasteiger partial charge >= 0.3 is 0 Å². The molecule has 3 aliphatic rings. The summed E-state index contributed by atoms with van der Waals surface area (Å²) in [5, 5.41) is 17.7. The largest absolute Gasteiger partial charge is 0.492 e. The molecule has 174 valence electrons. The highest BCUT2D eigenvalue weighted by Crippen LogP contribution is 2.41. The van der Waals surface area contributed by atoms with E-state index in [1.807, 2.05) is 30.9 Å². The lowest BCUT2D eigenvalue weighted by molar-refractivity contribution is 0.0147. The van der Waals surface area contributed by atoms with Crippen molar-refractivity contribution in [2.75, 3.05) is 19.7 Å². The maximum absolute atomic E-state index is 13.3. The number of amidine groups is 1. The number of carbonyl (C=O) groups excluding carboxylic acids is 1. The van der Waals surface area contributed by atoms with Crippen molar-refractivity contribution < 1.29 is 14.6 Å². The highest BCUT2D eigenvalue weighted by atomic mass is 16.5. The molecule has 4 rings (SSSR count). The number of benzene rings is 1. The summed E-state index contributed by atoms with van der Waals surface area (Å²) >= 11 is 0. The fraction of sp³-hybridized carbons (Fsp3) is 0.583. The monoisotopic (exact) mass is 441 g/mol. The zero-order valence-corrected chi connectivity index (χ0v) is 19.4. The predicted molar refractivity (Wildman–Crippen MR) is 125 cm³/mol. The molecule has 8 heteroatoms. The van der Waals surface area contributed by atoms with Crippen LogP contribution in [0.2, 0.25) is 0 Å². The molecule has 0 aromatic heterocycles. The number of hydrogen-bond donors (Lipinski definition) is 4. The lowest BCUT2D eigenvalue weighted by atomic mass is 9.79. The van der Waals surface area contributed by atoms with Crippen molar-refractivity contribution in [3.05, 3.63) is 41.7 Å². The van der Waals surface area contributed by atoms with Crippen LogP contribution in [0, 0.1) is 0 Å². The minimum Gasteiger partial charge on any atom is -0.492 e. The summed E-state index contributed by atoms with van der Waals surface area (Å²) in [4.78, 5) is 20.0. The number of nitrogens with zero attached hydrogens (tertiary/aromatic N) is 2. The van der Waals surface area contributed by atoms with Gasteiger partial charge in [0, 0.05) is 25.1 Å². The van der Waals surface area contributed by atoms with Gasteiger partial charge in [0.1, 0.15) is 11.9 Å². The first kappa shape index (κ1) is 22.5. The van der Waals surface area contributed by atoms with Gasteiger partial charge in [-0.25, -0.2) is 0 Å². The molecule has 1 amide bonds. The fourth-order valence-corrected chi connectivity index (χ4v) is 5.14. The average molecular weight is 442 g/mol. The number of ether oxygens (including phenoxy) is 1. The Hall–Kier alpha value is -2.74. The molecular formula is C24H35N5O3. The molecule has 0 spiro atoms. The van der Waals surface area contributed by atoms with Gasteiger partial charge in [0.15, 0.2) is 0 Å². The van der Waals surface area contributed by atoms with Gasteiger partial charge in [-0.05, 0) is 24.8 Å². The molecule has 1 aromatic rings. The standard InChI is InChI=1S/C24H35N5O3/c1-6-19(25)28-18-12-26-14(2)29-13-17(21(30)24(18,29)5)27-22(31)15-8-7-9-16-20(15)32-11-10-23(16,3)4/h7-9,17-18,21,26,30H,2,6,10-13H2,1,3-5H3,(H2,25,28)(H,27,31)/t17?,18?,21-,24?/m1/s1. The number of rotatable bonds is 4. The minimum absolute atomic E-state index is 0.0568. The molecule has 2 saturated heterocycles. The summed E-state index contributed by atoms with van der Waals surface area (Å²) in [6, 6.07) is 4.94. The van der Waals surface area contributed by atoms with E-state index < -0.39 is 17.7 Å². The van der Waals surface area contributed by atoms with Gasteiger partial charge in [-0.1, -0.05) is 39.5 Å². The summed E-state index contributed by atoms with van der Waals surface area (Å²) in [7, 11) is 0.